The van der Waals surface area contributed by atoms with Crippen LogP contribution in [-0.2, 0) is 33.1 Å². The van der Waals surface area contributed by atoms with E-state index in [2.05, 4.69) is 5.16 Å². The molecule has 1 aromatic carbocycles. The summed E-state index contributed by atoms with van der Waals surface area (Å²) in [4.78, 5) is 36.0. The first kappa shape index (κ1) is 21.3. The first-order valence-corrected chi connectivity index (χ1v) is 11.1. The van der Waals surface area contributed by atoms with Gasteiger partial charge in [0.15, 0.2) is 5.60 Å². The van der Waals surface area contributed by atoms with Crippen molar-refractivity contribution >= 4 is 23.1 Å². The average Bonchev–Trinajstić information content (AvgIpc) is 3.17. The number of rotatable bonds is 5. The Morgan fingerprint density at radius 1 is 1.30 bits per heavy atom. The standard InChI is InChI=1S/C25H25N3O5/c1-4-25(31)19-9-21-22-17(11-28(21)23(29)18(19)13-32-24(25)30)16(10-26-33-12-14(2)3)15-7-5-6-8-20(15)27-22/h5-10,14,31H,4,11-13H2,1-3H3. The molecule has 2 aliphatic rings. The normalized spacial score (nSPS) is 19.0. The first-order chi connectivity index (χ1) is 15.8. The molecule has 2 aromatic heterocycles. The molecule has 4 heterocycles. The number of hydrogen-bond donors (Lipinski definition) is 1. The molecule has 1 unspecified atom stereocenters. The predicted octanol–water partition coefficient (Wildman–Crippen LogP) is 3.09. The van der Waals surface area contributed by atoms with E-state index in [1.165, 1.54) is 0 Å². The molecule has 1 atom stereocenters. The highest BCUT2D eigenvalue weighted by molar-refractivity contribution is 6.02. The van der Waals surface area contributed by atoms with Crippen LogP contribution in [-0.4, -0.2) is 33.4 Å². The van der Waals surface area contributed by atoms with Gasteiger partial charge in [-0.3, -0.25) is 4.79 Å². The van der Waals surface area contributed by atoms with Crippen molar-refractivity contribution in [3.8, 4) is 11.4 Å². The third-order valence-electron chi connectivity index (χ3n) is 6.30. The highest BCUT2D eigenvalue weighted by Gasteiger charge is 2.45. The Balaban J connectivity index is 1.72. The SMILES string of the molecule is CCC1(O)C(=O)OCc2c1cc1n(c2=O)Cc2c-1nc1ccccc1c2C=NOCC(C)C. The third-order valence-corrected chi connectivity index (χ3v) is 6.30. The number of fused-ring (bicyclic) bond motifs is 5. The number of benzene rings is 1. The van der Waals surface area contributed by atoms with Crippen molar-refractivity contribution in [3.63, 3.8) is 0 Å². The van der Waals surface area contributed by atoms with Gasteiger partial charge in [0, 0.05) is 22.1 Å². The van der Waals surface area contributed by atoms with Gasteiger partial charge in [-0.05, 0) is 24.5 Å². The van der Waals surface area contributed by atoms with E-state index in [1.54, 1.807) is 23.8 Å². The minimum atomic E-state index is -1.85. The van der Waals surface area contributed by atoms with E-state index in [9.17, 15) is 14.7 Å². The monoisotopic (exact) mass is 447 g/mol. The van der Waals surface area contributed by atoms with Gasteiger partial charge in [-0.15, -0.1) is 0 Å². The number of carbonyl (C=O) groups excluding carboxylic acids is 1. The van der Waals surface area contributed by atoms with Crippen molar-refractivity contribution in [2.45, 2.75) is 45.9 Å². The molecule has 0 radical (unpaired) electrons. The Morgan fingerprint density at radius 2 is 2.09 bits per heavy atom. The van der Waals surface area contributed by atoms with E-state index in [0.29, 0.717) is 41.6 Å². The zero-order chi connectivity index (χ0) is 23.3. The molecule has 0 bridgehead atoms. The number of pyridine rings is 2. The minimum absolute atomic E-state index is 0.102. The fourth-order valence-electron chi connectivity index (χ4n) is 4.49. The summed E-state index contributed by atoms with van der Waals surface area (Å²) in [6, 6.07) is 9.41. The van der Waals surface area contributed by atoms with E-state index in [1.807, 2.05) is 38.1 Å². The molecule has 1 N–H and O–H groups in total. The van der Waals surface area contributed by atoms with Crippen LogP contribution in [0.5, 0.6) is 0 Å². The number of cyclic esters (lactones) is 1. The molecule has 0 spiro atoms. The van der Waals surface area contributed by atoms with Crippen LogP contribution in [0.15, 0.2) is 40.3 Å². The lowest BCUT2D eigenvalue weighted by atomic mass is 9.86. The molecule has 0 saturated carbocycles. The maximum atomic E-state index is 13.4. The van der Waals surface area contributed by atoms with Crippen molar-refractivity contribution < 1.29 is 19.5 Å². The number of carbonyl (C=O) groups is 1. The minimum Gasteiger partial charge on any atom is -0.458 e. The molecular weight excluding hydrogens is 422 g/mol. The molecule has 0 aliphatic carbocycles. The molecule has 33 heavy (non-hydrogen) atoms. The van der Waals surface area contributed by atoms with Gasteiger partial charge >= 0.3 is 5.97 Å². The molecule has 0 fully saturated rings. The zero-order valence-corrected chi connectivity index (χ0v) is 18.8. The molecule has 2 aliphatic heterocycles. The van der Waals surface area contributed by atoms with Crippen molar-refractivity contribution in [1.82, 2.24) is 9.55 Å². The summed E-state index contributed by atoms with van der Waals surface area (Å²) in [6.45, 7) is 6.43. The summed E-state index contributed by atoms with van der Waals surface area (Å²) >= 11 is 0. The van der Waals surface area contributed by atoms with E-state index in [-0.39, 0.29) is 18.6 Å². The second kappa shape index (κ2) is 7.81. The Kier molecular flexibility index (Phi) is 5.05. The number of esters is 1. The maximum absolute atomic E-state index is 13.4. The second-order valence-electron chi connectivity index (χ2n) is 8.90. The van der Waals surface area contributed by atoms with Gasteiger partial charge in [0.1, 0.15) is 13.2 Å². The summed E-state index contributed by atoms with van der Waals surface area (Å²) < 4.78 is 6.77. The van der Waals surface area contributed by atoms with Crippen LogP contribution in [0.3, 0.4) is 0 Å². The molecule has 0 saturated heterocycles. The van der Waals surface area contributed by atoms with Gasteiger partial charge in [-0.1, -0.05) is 44.1 Å². The number of aliphatic hydroxyl groups is 1. The lowest BCUT2D eigenvalue weighted by Gasteiger charge is -2.31. The maximum Gasteiger partial charge on any atom is 0.343 e. The highest BCUT2D eigenvalue weighted by atomic mass is 16.6. The summed E-state index contributed by atoms with van der Waals surface area (Å²) in [7, 11) is 0. The van der Waals surface area contributed by atoms with Crippen LogP contribution in [0.25, 0.3) is 22.3 Å². The van der Waals surface area contributed by atoms with Crippen molar-refractivity contribution in [1.29, 1.82) is 0 Å². The fourth-order valence-corrected chi connectivity index (χ4v) is 4.49. The smallest absolute Gasteiger partial charge is 0.343 e. The summed E-state index contributed by atoms with van der Waals surface area (Å²) in [5.74, 6) is -0.389. The molecule has 5 rings (SSSR count). The van der Waals surface area contributed by atoms with E-state index in [0.717, 1.165) is 22.0 Å². The lowest BCUT2D eigenvalue weighted by Crippen LogP contribution is -2.44. The second-order valence-corrected chi connectivity index (χ2v) is 8.90. The summed E-state index contributed by atoms with van der Waals surface area (Å²) in [6.07, 6.45) is 1.78. The van der Waals surface area contributed by atoms with Gasteiger partial charge in [0.25, 0.3) is 5.56 Å². The number of oxime groups is 1. The number of para-hydroxylation sites is 1. The Bertz CT molecular complexity index is 1370. The molecule has 170 valence electrons. The molecule has 8 heteroatoms. The molecule has 8 nitrogen and oxygen atoms in total. The topological polar surface area (TPSA) is 103 Å². The summed E-state index contributed by atoms with van der Waals surface area (Å²) in [5, 5.41) is 16.1. The third kappa shape index (κ3) is 3.24. The van der Waals surface area contributed by atoms with Gasteiger partial charge in [0.2, 0.25) is 0 Å². The zero-order valence-electron chi connectivity index (χ0n) is 18.8. The van der Waals surface area contributed by atoms with E-state index < -0.39 is 11.6 Å². The molecule has 3 aromatic rings. The van der Waals surface area contributed by atoms with E-state index in [4.69, 9.17) is 14.6 Å². The van der Waals surface area contributed by atoms with Crippen LogP contribution in [0.4, 0.5) is 0 Å². The molecule has 0 amide bonds. The fraction of sp³-hybridized carbons (Fsp3) is 0.360. The number of nitrogens with zero attached hydrogens (tertiary/aromatic N) is 3. The van der Waals surface area contributed by atoms with Crippen molar-refractivity contribution in [3.05, 3.63) is 62.9 Å². The Hall–Kier alpha value is -3.52. The van der Waals surface area contributed by atoms with Gasteiger partial charge in [0.05, 0.1) is 35.2 Å². The largest absolute Gasteiger partial charge is 0.458 e. The molecular formula is C25H25N3O5. The Labute approximate surface area is 190 Å². The number of ether oxygens (including phenoxy) is 1. The first-order valence-electron chi connectivity index (χ1n) is 11.1. The van der Waals surface area contributed by atoms with Crippen molar-refractivity contribution in [2.24, 2.45) is 11.1 Å². The quantitative estimate of drug-likeness (QED) is 0.287. The predicted molar refractivity (Wildman–Crippen MR) is 123 cm³/mol. The van der Waals surface area contributed by atoms with Crippen LogP contribution < -0.4 is 5.56 Å². The highest BCUT2D eigenvalue weighted by Crippen LogP contribution is 2.39. The number of hydrogen-bond acceptors (Lipinski definition) is 7. The van der Waals surface area contributed by atoms with Crippen molar-refractivity contribution in [2.75, 3.05) is 6.61 Å². The summed E-state index contributed by atoms with van der Waals surface area (Å²) in [5.41, 5.74) is 2.10. The van der Waals surface area contributed by atoms with Crippen LogP contribution in [0.2, 0.25) is 0 Å². The van der Waals surface area contributed by atoms with Crippen LogP contribution in [0.1, 0.15) is 49.4 Å². The average molecular weight is 447 g/mol. The van der Waals surface area contributed by atoms with Gasteiger partial charge in [-0.2, -0.15) is 0 Å². The Morgan fingerprint density at radius 3 is 2.85 bits per heavy atom. The lowest BCUT2D eigenvalue weighted by molar-refractivity contribution is -0.172. The van der Waals surface area contributed by atoms with Crippen LogP contribution in [0, 0.1) is 5.92 Å². The van der Waals surface area contributed by atoms with Gasteiger partial charge in [-0.25, -0.2) is 9.78 Å². The van der Waals surface area contributed by atoms with Gasteiger partial charge < -0.3 is 19.2 Å². The van der Waals surface area contributed by atoms with Crippen LogP contribution >= 0.6 is 0 Å². The number of aromatic nitrogens is 2. The van der Waals surface area contributed by atoms with E-state index >= 15 is 0 Å².